The number of benzene rings is 1. The van der Waals surface area contributed by atoms with Crippen LogP contribution in [0.4, 0.5) is 5.69 Å². The van der Waals surface area contributed by atoms with Gasteiger partial charge in [0, 0.05) is 19.6 Å². The minimum atomic E-state index is 0.0547. The van der Waals surface area contributed by atoms with E-state index in [0.717, 1.165) is 37.5 Å². The van der Waals surface area contributed by atoms with Crippen LogP contribution in [-0.2, 0) is 9.53 Å². The van der Waals surface area contributed by atoms with Crippen molar-refractivity contribution in [2.75, 3.05) is 25.1 Å². The van der Waals surface area contributed by atoms with Gasteiger partial charge in [0.2, 0.25) is 5.91 Å². The molecule has 1 aromatic rings. The van der Waals surface area contributed by atoms with Crippen LogP contribution in [0.25, 0.3) is 0 Å². The first-order valence-corrected chi connectivity index (χ1v) is 6.89. The largest absolute Gasteiger partial charge is 0.492 e. The smallest absolute Gasteiger partial charge is 0.224 e. The summed E-state index contributed by atoms with van der Waals surface area (Å²) in [6.45, 7) is 4.06. The van der Waals surface area contributed by atoms with Crippen molar-refractivity contribution in [3.63, 3.8) is 0 Å². The van der Waals surface area contributed by atoms with Crippen LogP contribution in [0.15, 0.2) is 24.3 Å². The first kappa shape index (κ1) is 13.9. The van der Waals surface area contributed by atoms with Crippen molar-refractivity contribution in [2.45, 2.75) is 26.2 Å². The highest BCUT2D eigenvalue weighted by Crippen LogP contribution is 2.25. The first-order chi connectivity index (χ1) is 9.29. The highest BCUT2D eigenvalue weighted by Gasteiger charge is 2.18. The van der Waals surface area contributed by atoms with E-state index in [-0.39, 0.29) is 5.91 Å². The second kappa shape index (κ2) is 7.14. The zero-order valence-corrected chi connectivity index (χ0v) is 11.4. The minimum Gasteiger partial charge on any atom is -0.492 e. The van der Waals surface area contributed by atoms with Crippen LogP contribution >= 0.6 is 0 Å². The number of para-hydroxylation sites is 2. The molecule has 4 heteroatoms. The maximum Gasteiger partial charge on any atom is 0.224 e. The van der Waals surface area contributed by atoms with E-state index in [4.69, 9.17) is 9.47 Å². The molecule has 19 heavy (non-hydrogen) atoms. The predicted molar refractivity (Wildman–Crippen MR) is 74.4 cm³/mol. The third-order valence-electron chi connectivity index (χ3n) is 3.28. The highest BCUT2D eigenvalue weighted by molar-refractivity contribution is 5.92. The highest BCUT2D eigenvalue weighted by atomic mass is 16.5. The van der Waals surface area contributed by atoms with Crippen LogP contribution < -0.4 is 10.1 Å². The zero-order valence-electron chi connectivity index (χ0n) is 11.4. The molecule has 1 aromatic carbocycles. The van der Waals surface area contributed by atoms with Crippen molar-refractivity contribution in [2.24, 2.45) is 5.92 Å². The van der Waals surface area contributed by atoms with Gasteiger partial charge in [0.05, 0.1) is 12.3 Å². The van der Waals surface area contributed by atoms with Crippen LogP contribution in [0.1, 0.15) is 26.2 Å². The lowest BCUT2D eigenvalue weighted by Gasteiger charge is -2.21. The second-order valence-corrected chi connectivity index (χ2v) is 4.74. The molecule has 1 saturated heterocycles. The Morgan fingerprint density at radius 1 is 1.37 bits per heavy atom. The number of anilines is 1. The summed E-state index contributed by atoms with van der Waals surface area (Å²) in [5.41, 5.74) is 0.751. The lowest BCUT2D eigenvalue weighted by Crippen LogP contribution is -2.22. The number of hydrogen-bond donors (Lipinski definition) is 1. The van der Waals surface area contributed by atoms with Gasteiger partial charge in [-0.15, -0.1) is 0 Å². The Kier molecular flexibility index (Phi) is 5.21. The standard InChI is InChI=1S/C15H21NO3/c1-2-19-14-6-4-3-5-13(14)16-15(17)11-12-7-9-18-10-8-12/h3-6,12H,2,7-11H2,1H3,(H,16,17). The van der Waals surface area contributed by atoms with E-state index in [1.165, 1.54) is 0 Å². The first-order valence-electron chi connectivity index (χ1n) is 6.89. The fraction of sp³-hybridized carbons (Fsp3) is 0.533. The average Bonchev–Trinajstić information content (AvgIpc) is 2.42. The SMILES string of the molecule is CCOc1ccccc1NC(=O)CC1CCOCC1. The van der Waals surface area contributed by atoms with Crippen molar-refractivity contribution in [3.8, 4) is 5.75 Å². The number of nitrogens with one attached hydrogen (secondary N) is 1. The quantitative estimate of drug-likeness (QED) is 0.888. The van der Waals surface area contributed by atoms with Gasteiger partial charge in [0.25, 0.3) is 0 Å². The lowest BCUT2D eigenvalue weighted by atomic mass is 9.96. The van der Waals surface area contributed by atoms with E-state index in [1.807, 2.05) is 31.2 Å². The van der Waals surface area contributed by atoms with E-state index in [2.05, 4.69) is 5.32 Å². The molecule has 0 aromatic heterocycles. The normalized spacial score (nSPS) is 16.1. The van der Waals surface area contributed by atoms with Crippen LogP contribution in [0.3, 0.4) is 0 Å². The monoisotopic (exact) mass is 263 g/mol. The summed E-state index contributed by atoms with van der Waals surface area (Å²) < 4.78 is 10.8. The van der Waals surface area contributed by atoms with Crippen molar-refractivity contribution in [3.05, 3.63) is 24.3 Å². The van der Waals surface area contributed by atoms with Gasteiger partial charge in [0.1, 0.15) is 5.75 Å². The summed E-state index contributed by atoms with van der Waals surface area (Å²) in [5, 5.41) is 2.94. The minimum absolute atomic E-state index is 0.0547. The van der Waals surface area contributed by atoms with Gasteiger partial charge in [0.15, 0.2) is 0 Å². The van der Waals surface area contributed by atoms with Crippen molar-refractivity contribution in [1.82, 2.24) is 0 Å². The molecule has 0 aliphatic carbocycles. The van der Waals surface area contributed by atoms with E-state index < -0.39 is 0 Å². The van der Waals surface area contributed by atoms with E-state index in [1.54, 1.807) is 0 Å². The van der Waals surface area contributed by atoms with Gasteiger partial charge in [-0.2, -0.15) is 0 Å². The Morgan fingerprint density at radius 2 is 2.11 bits per heavy atom. The molecule has 0 unspecified atom stereocenters. The van der Waals surface area contributed by atoms with E-state index >= 15 is 0 Å². The topological polar surface area (TPSA) is 47.6 Å². The zero-order chi connectivity index (χ0) is 13.5. The summed E-state index contributed by atoms with van der Waals surface area (Å²) in [7, 11) is 0. The maximum absolute atomic E-state index is 12.0. The number of hydrogen-bond acceptors (Lipinski definition) is 3. The molecule has 0 radical (unpaired) electrons. The maximum atomic E-state index is 12.0. The molecule has 0 spiro atoms. The molecular weight excluding hydrogens is 242 g/mol. The average molecular weight is 263 g/mol. The predicted octanol–water partition coefficient (Wildman–Crippen LogP) is 2.84. The van der Waals surface area contributed by atoms with Gasteiger partial charge in [-0.1, -0.05) is 12.1 Å². The second-order valence-electron chi connectivity index (χ2n) is 4.74. The molecule has 1 heterocycles. The molecule has 0 atom stereocenters. The van der Waals surface area contributed by atoms with Crippen LogP contribution in [-0.4, -0.2) is 25.7 Å². The Labute approximate surface area is 114 Å². The van der Waals surface area contributed by atoms with Gasteiger partial charge in [-0.25, -0.2) is 0 Å². The number of rotatable bonds is 5. The Morgan fingerprint density at radius 3 is 2.84 bits per heavy atom. The third kappa shape index (κ3) is 4.24. The molecule has 0 saturated carbocycles. The van der Waals surface area contributed by atoms with Gasteiger partial charge in [-0.05, 0) is 37.8 Å². The summed E-state index contributed by atoms with van der Waals surface area (Å²) in [4.78, 5) is 12.0. The number of carbonyl (C=O) groups excluding carboxylic acids is 1. The Hall–Kier alpha value is -1.55. The number of amides is 1. The van der Waals surface area contributed by atoms with Gasteiger partial charge in [-0.3, -0.25) is 4.79 Å². The van der Waals surface area contributed by atoms with Crippen LogP contribution in [0.2, 0.25) is 0 Å². The van der Waals surface area contributed by atoms with Crippen LogP contribution in [0.5, 0.6) is 5.75 Å². The number of carbonyl (C=O) groups is 1. The summed E-state index contributed by atoms with van der Waals surface area (Å²) >= 11 is 0. The molecule has 2 rings (SSSR count). The molecule has 1 fully saturated rings. The molecule has 1 N–H and O–H groups in total. The molecule has 0 bridgehead atoms. The molecular formula is C15H21NO3. The van der Waals surface area contributed by atoms with Crippen molar-refractivity contribution >= 4 is 11.6 Å². The Balaban J connectivity index is 1.90. The summed E-state index contributed by atoms with van der Waals surface area (Å²) in [5.74, 6) is 1.22. The Bertz CT molecular complexity index is 414. The van der Waals surface area contributed by atoms with Crippen molar-refractivity contribution in [1.29, 1.82) is 0 Å². The van der Waals surface area contributed by atoms with E-state index in [9.17, 15) is 4.79 Å². The van der Waals surface area contributed by atoms with Crippen molar-refractivity contribution < 1.29 is 14.3 Å². The third-order valence-corrected chi connectivity index (χ3v) is 3.28. The van der Waals surface area contributed by atoms with Crippen LogP contribution in [0, 0.1) is 5.92 Å². The molecule has 104 valence electrons. The summed E-state index contributed by atoms with van der Waals surface area (Å²) in [6, 6.07) is 7.53. The van der Waals surface area contributed by atoms with Gasteiger partial charge < -0.3 is 14.8 Å². The molecule has 1 amide bonds. The summed E-state index contributed by atoms with van der Waals surface area (Å²) in [6.07, 6.45) is 2.50. The fourth-order valence-electron chi connectivity index (χ4n) is 2.27. The van der Waals surface area contributed by atoms with E-state index in [0.29, 0.717) is 18.9 Å². The number of ether oxygens (including phenoxy) is 2. The molecule has 1 aliphatic rings. The molecule has 1 aliphatic heterocycles. The van der Waals surface area contributed by atoms with Gasteiger partial charge >= 0.3 is 0 Å². The lowest BCUT2D eigenvalue weighted by molar-refractivity contribution is -0.117. The molecule has 4 nitrogen and oxygen atoms in total. The fourth-order valence-corrected chi connectivity index (χ4v) is 2.27.